The summed E-state index contributed by atoms with van der Waals surface area (Å²) in [6, 6.07) is 10.0. The Balaban J connectivity index is 1.99. The van der Waals surface area contributed by atoms with Crippen LogP contribution in [0.25, 0.3) is 0 Å². The van der Waals surface area contributed by atoms with E-state index in [1.54, 1.807) is 0 Å². The summed E-state index contributed by atoms with van der Waals surface area (Å²) in [5.41, 5.74) is 0.419. The molecule has 0 unspecified atom stereocenters. The molecule has 1 aliphatic rings. The number of carboxylic acids is 1. The van der Waals surface area contributed by atoms with Crippen LogP contribution < -0.4 is 5.32 Å². The second-order valence-corrected chi connectivity index (χ2v) is 5.58. The number of benzene rings is 1. The van der Waals surface area contributed by atoms with Crippen LogP contribution in [-0.4, -0.2) is 16.6 Å². The Morgan fingerprint density at radius 1 is 1.32 bits per heavy atom. The highest BCUT2D eigenvalue weighted by molar-refractivity contribution is 5.78. The van der Waals surface area contributed by atoms with Gasteiger partial charge in [-0.1, -0.05) is 43.7 Å². The third-order valence-corrected chi connectivity index (χ3v) is 4.42. The fourth-order valence-corrected chi connectivity index (χ4v) is 2.91. The lowest BCUT2D eigenvalue weighted by atomic mass is 9.75. The Morgan fingerprint density at radius 2 is 1.95 bits per heavy atom. The van der Waals surface area contributed by atoms with Crippen molar-refractivity contribution in [2.75, 3.05) is 0 Å². The molecular formula is C16H23NO2. The average molecular weight is 261 g/mol. The summed E-state index contributed by atoms with van der Waals surface area (Å²) in [6.45, 7) is 2.82. The van der Waals surface area contributed by atoms with Gasteiger partial charge in [-0.3, -0.25) is 10.1 Å². The molecule has 1 fully saturated rings. The van der Waals surface area contributed by atoms with Crippen LogP contribution in [0.4, 0.5) is 0 Å². The molecule has 2 N–H and O–H groups in total. The van der Waals surface area contributed by atoms with Crippen LogP contribution in [0.3, 0.4) is 0 Å². The van der Waals surface area contributed by atoms with Crippen molar-refractivity contribution in [3.05, 3.63) is 35.9 Å². The minimum absolute atomic E-state index is 0.629. The van der Waals surface area contributed by atoms with E-state index in [0.29, 0.717) is 12.5 Å². The Labute approximate surface area is 115 Å². The smallest absolute Gasteiger partial charge is 0.323 e. The van der Waals surface area contributed by atoms with Gasteiger partial charge in [0.1, 0.15) is 5.54 Å². The van der Waals surface area contributed by atoms with Crippen molar-refractivity contribution in [2.45, 2.75) is 51.1 Å². The summed E-state index contributed by atoms with van der Waals surface area (Å²) in [7, 11) is 0. The lowest BCUT2D eigenvalue weighted by Crippen LogP contribution is -2.53. The molecule has 1 saturated carbocycles. The SMILES string of the molecule is CCC1CCC(NCc2ccccc2)(C(=O)O)CC1. The number of aliphatic carboxylic acids is 1. The van der Waals surface area contributed by atoms with E-state index in [1.165, 1.54) is 0 Å². The van der Waals surface area contributed by atoms with Crippen LogP contribution in [-0.2, 0) is 11.3 Å². The zero-order valence-electron chi connectivity index (χ0n) is 11.6. The molecular weight excluding hydrogens is 238 g/mol. The summed E-state index contributed by atoms with van der Waals surface area (Å²) < 4.78 is 0. The van der Waals surface area contributed by atoms with E-state index in [1.807, 2.05) is 30.3 Å². The molecule has 1 aromatic rings. The predicted octanol–water partition coefficient (Wildman–Crippen LogP) is 3.20. The molecule has 1 aromatic carbocycles. The topological polar surface area (TPSA) is 49.3 Å². The van der Waals surface area contributed by atoms with Crippen LogP contribution in [0.5, 0.6) is 0 Å². The van der Waals surface area contributed by atoms with Gasteiger partial charge in [0.15, 0.2) is 0 Å². The Hall–Kier alpha value is -1.35. The third kappa shape index (κ3) is 3.35. The minimum Gasteiger partial charge on any atom is -0.480 e. The Morgan fingerprint density at radius 3 is 2.47 bits per heavy atom. The molecule has 3 heteroatoms. The van der Waals surface area contributed by atoms with Gasteiger partial charge in [-0.25, -0.2) is 0 Å². The Bertz CT molecular complexity index is 408. The monoisotopic (exact) mass is 261 g/mol. The predicted molar refractivity (Wildman–Crippen MR) is 75.9 cm³/mol. The van der Waals surface area contributed by atoms with Crippen molar-refractivity contribution in [2.24, 2.45) is 5.92 Å². The molecule has 0 radical (unpaired) electrons. The molecule has 104 valence electrons. The molecule has 0 atom stereocenters. The molecule has 0 heterocycles. The minimum atomic E-state index is -0.721. The van der Waals surface area contributed by atoms with Crippen LogP contribution in [0.2, 0.25) is 0 Å². The van der Waals surface area contributed by atoms with Gasteiger partial charge in [0.05, 0.1) is 0 Å². The standard InChI is InChI=1S/C16H23NO2/c1-2-13-8-10-16(11-9-13,15(18)19)17-12-14-6-4-3-5-7-14/h3-7,13,17H,2,8-12H2,1H3,(H,18,19). The lowest BCUT2D eigenvalue weighted by molar-refractivity contribution is -0.147. The molecule has 3 nitrogen and oxygen atoms in total. The first-order chi connectivity index (χ1) is 9.16. The van der Waals surface area contributed by atoms with Gasteiger partial charge in [0, 0.05) is 6.54 Å². The van der Waals surface area contributed by atoms with Gasteiger partial charge in [0.2, 0.25) is 0 Å². The normalized spacial score (nSPS) is 27.1. The third-order valence-electron chi connectivity index (χ3n) is 4.42. The van der Waals surface area contributed by atoms with Crippen LogP contribution >= 0.6 is 0 Å². The second kappa shape index (κ2) is 6.20. The lowest BCUT2D eigenvalue weighted by Gasteiger charge is -2.37. The maximum Gasteiger partial charge on any atom is 0.323 e. The van der Waals surface area contributed by atoms with E-state index in [9.17, 15) is 9.90 Å². The van der Waals surface area contributed by atoms with Crippen molar-refractivity contribution >= 4 is 5.97 Å². The summed E-state index contributed by atoms with van der Waals surface area (Å²) in [6.07, 6.45) is 4.69. The highest BCUT2D eigenvalue weighted by atomic mass is 16.4. The first-order valence-electron chi connectivity index (χ1n) is 7.18. The van der Waals surface area contributed by atoms with E-state index in [2.05, 4.69) is 12.2 Å². The number of hydrogen-bond donors (Lipinski definition) is 2. The van der Waals surface area contributed by atoms with Crippen molar-refractivity contribution in [1.29, 1.82) is 0 Å². The molecule has 2 rings (SSSR count). The molecule has 19 heavy (non-hydrogen) atoms. The largest absolute Gasteiger partial charge is 0.480 e. The van der Waals surface area contributed by atoms with E-state index in [4.69, 9.17) is 0 Å². The molecule has 0 aliphatic heterocycles. The molecule has 0 aromatic heterocycles. The second-order valence-electron chi connectivity index (χ2n) is 5.58. The van der Waals surface area contributed by atoms with Crippen molar-refractivity contribution < 1.29 is 9.90 Å². The molecule has 0 saturated heterocycles. The zero-order chi connectivity index (χ0) is 13.7. The quantitative estimate of drug-likeness (QED) is 0.855. The number of carboxylic acid groups (broad SMARTS) is 1. The fraction of sp³-hybridized carbons (Fsp3) is 0.562. The zero-order valence-corrected chi connectivity index (χ0v) is 11.6. The number of carbonyl (C=O) groups is 1. The van der Waals surface area contributed by atoms with Gasteiger partial charge < -0.3 is 5.11 Å². The fourth-order valence-electron chi connectivity index (χ4n) is 2.91. The van der Waals surface area contributed by atoms with Crippen LogP contribution in [0, 0.1) is 5.92 Å². The first-order valence-corrected chi connectivity index (χ1v) is 7.18. The average Bonchev–Trinajstić information content (AvgIpc) is 2.46. The van der Waals surface area contributed by atoms with E-state index in [-0.39, 0.29) is 0 Å². The van der Waals surface area contributed by atoms with Crippen molar-refractivity contribution in [3.8, 4) is 0 Å². The van der Waals surface area contributed by atoms with Gasteiger partial charge in [-0.15, -0.1) is 0 Å². The summed E-state index contributed by atoms with van der Waals surface area (Å²) >= 11 is 0. The van der Waals surface area contributed by atoms with Crippen LogP contribution in [0.15, 0.2) is 30.3 Å². The number of nitrogens with one attached hydrogen (secondary N) is 1. The number of hydrogen-bond acceptors (Lipinski definition) is 2. The van der Waals surface area contributed by atoms with Crippen molar-refractivity contribution in [1.82, 2.24) is 5.32 Å². The molecule has 0 bridgehead atoms. The molecule has 1 aliphatic carbocycles. The van der Waals surface area contributed by atoms with E-state index in [0.717, 1.165) is 37.7 Å². The summed E-state index contributed by atoms with van der Waals surface area (Å²) in [5, 5.41) is 12.9. The number of rotatable bonds is 5. The van der Waals surface area contributed by atoms with Crippen LogP contribution in [0.1, 0.15) is 44.6 Å². The van der Waals surface area contributed by atoms with E-state index >= 15 is 0 Å². The molecule has 0 amide bonds. The van der Waals surface area contributed by atoms with E-state index < -0.39 is 11.5 Å². The van der Waals surface area contributed by atoms with Gasteiger partial charge >= 0.3 is 5.97 Å². The summed E-state index contributed by atoms with van der Waals surface area (Å²) in [5.74, 6) is 0.00369. The maximum atomic E-state index is 11.6. The molecule has 0 spiro atoms. The highest BCUT2D eigenvalue weighted by Gasteiger charge is 2.41. The van der Waals surface area contributed by atoms with Gasteiger partial charge in [-0.05, 0) is 37.2 Å². The Kier molecular flexibility index (Phi) is 4.59. The first kappa shape index (κ1) is 14.1. The van der Waals surface area contributed by atoms with Gasteiger partial charge in [-0.2, -0.15) is 0 Å². The maximum absolute atomic E-state index is 11.6. The highest BCUT2D eigenvalue weighted by Crippen LogP contribution is 2.34. The van der Waals surface area contributed by atoms with Crippen molar-refractivity contribution in [3.63, 3.8) is 0 Å². The van der Waals surface area contributed by atoms with Gasteiger partial charge in [0.25, 0.3) is 0 Å². The summed E-state index contributed by atoms with van der Waals surface area (Å²) in [4.78, 5) is 11.6.